The van der Waals surface area contributed by atoms with Crippen LogP contribution in [0.3, 0.4) is 0 Å². The Morgan fingerprint density at radius 3 is 2.42 bits per heavy atom. The molecule has 2 aliphatic heterocycles. The van der Waals surface area contributed by atoms with Crippen molar-refractivity contribution in [2.45, 2.75) is 25.4 Å². The van der Waals surface area contributed by atoms with Crippen LogP contribution in [-0.2, 0) is 27.5 Å². The first-order chi connectivity index (χ1) is 19.2. The molecule has 2 aromatic heterocycles. The summed E-state index contributed by atoms with van der Waals surface area (Å²) in [5, 5.41) is 4.00. The van der Waals surface area contributed by atoms with Crippen LogP contribution >= 0.6 is 0 Å². The van der Waals surface area contributed by atoms with E-state index in [2.05, 4.69) is 10.1 Å². The monoisotopic (exact) mass is 562 g/mol. The molecule has 40 heavy (non-hydrogen) atoms. The van der Waals surface area contributed by atoms with Crippen molar-refractivity contribution in [1.29, 1.82) is 0 Å². The topological polar surface area (TPSA) is 146 Å². The van der Waals surface area contributed by atoms with E-state index in [1.807, 2.05) is 0 Å². The van der Waals surface area contributed by atoms with Gasteiger partial charge in [-0.1, -0.05) is 24.3 Å². The van der Waals surface area contributed by atoms with Gasteiger partial charge < -0.3 is 19.6 Å². The summed E-state index contributed by atoms with van der Waals surface area (Å²) in [6.07, 6.45) is -2.62. The number of likely N-dealkylation sites (tertiary alicyclic amines) is 1. The van der Waals surface area contributed by atoms with Gasteiger partial charge in [-0.05, 0) is 17.2 Å². The zero-order valence-electron chi connectivity index (χ0n) is 21.0. The summed E-state index contributed by atoms with van der Waals surface area (Å²) in [4.78, 5) is 45.0. The third-order valence-electron chi connectivity index (χ3n) is 6.63. The van der Waals surface area contributed by atoms with E-state index < -0.39 is 47.7 Å². The van der Waals surface area contributed by atoms with Gasteiger partial charge in [-0.3, -0.25) is 24.2 Å². The summed E-state index contributed by atoms with van der Waals surface area (Å²) < 4.78 is 58.4. The molecule has 2 atom stereocenters. The van der Waals surface area contributed by atoms with Crippen molar-refractivity contribution in [2.75, 3.05) is 32.8 Å². The fraction of sp³-hybridized carbons (Fsp3) is 0.400. The second kappa shape index (κ2) is 11.2. The number of ether oxygens (including phenoxy) is 2. The lowest BCUT2D eigenvalue weighted by atomic mass is 9.85. The molecule has 0 bridgehead atoms. The molecule has 2 unspecified atom stereocenters. The van der Waals surface area contributed by atoms with Gasteiger partial charge in [0.15, 0.2) is 11.7 Å². The number of benzene rings is 1. The number of hydrogen-bond acceptors (Lipinski definition) is 10. The van der Waals surface area contributed by atoms with Crippen molar-refractivity contribution < 1.29 is 41.4 Å². The van der Waals surface area contributed by atoms with Crippen molar-refractivity contribution in [3.63, 3.8) is 0 Å². The molecular weight excluding hydrogens is 537 g/mol. The molecule has 15 heteroatoms. The van der Waals surface area contributed by atoms with Crippen LogP contribution in [0.4, 0.5) is 13.2 Å². The largest absolute Gasteiger partial charge is 0.472 e. The minimum atomic E-state index is -4.98. The number of β-lactam (4-membered cyclic amide) rings is 1. The van der Waals surface area contributed by atoms with E-state index in [-0.39, 0.29) is 18.7 Å². The molecular formula is C25H25F3N6O6. The number of carbonyl (C=O) groups excluding carboxylic acids is 3. The number of rotatable bonds is 8. The lowest BCUT2D eigenvalue weighted by Gasteiger charge is -2.45. The number of hydrogen-bond donors (Lipinski definition) is 1. The Morgan fingerprint density at radius 2 is 1.80 bits per heavy atom. The maximum Gasteiger partial charge on any atom is 0.403 e. The molecule has 2 fully saturated rings. The van der Waals surface area contributed by atoms with Crippen LogP contribution in [0.2, 0.25) is 0 Å². The molecule has 1 aromatic carbocycles. The molecule has 0 spiro atoms. The van der Waals surface area contributed by atoms with Gasteiger partial charge >= 0.3 is 12.2 Å². The number of nitrogens with zero attached hydrogens (tertiary/aromatic N) is 5. The first-order valence-corrected chi connectivity index (χ1v) is 12.3. The second-order valence-electron chi connectivity index (χ2n) is 9.25. The van der Waals surface area contributed by atoms with Gasteiger partial charge in [0, 0.05) is 19.6 Å². The third kappa shape index (κ3) is 5.48. The molecule has 212 valence electrons. The summed E-state index contributed by atoms with van der Waals surface area (Å²) in [5.41, 5.74) is 7.18. The van der Waals surface area contributed by atoms with Crippen molar-refractivity contribution >= 4 is 17.7 Å². The summed E-state index contributed by atoms with van der Waals surface area (Å²) in [6, 6.07) is 6.07. The molecule has 2 aliphatic rings. The van der Waals surface area contributed by atoms with Crippen LogP contribution in [-0.4, -0.2) is 81.3 Å². The van der Waals surface area contributed by atoms with E-state index in [1.54, 1.807) is 29.2 Å². The van der Waals surface area contributed by atoms with Crippen molar-refractivity contribution in [1.82, 2.24) is 24.6 Å². The van der Waals surface area contributed by atoms with Crippen LogP contribution in [0.15, 0.2) is 47.3 Å². The van der Waals surface area contributed by atoms with Crippen LogP contribution in [0, 0.1) is 5.92 Å². The lowest BCUT2D eigenvalue weighted by Crippen LogP contribution is -2.64. The number of nitrogens with two attached hydrogens (primary N) is 1. The Balaban J connectivity index is 1.46. The number of imide groups is 1. The number of aromatic nitrogens is 3. The van der Waals surface area contributed by atoms with E-state index in [4.69, 9.17) is 19.6 Å². The molecule has 12 nitrogen and oxygen atoms in total. The summed E-state index contributed by atoms with van der Waals surface area (Å²) in [7, 11) is 0. The number of furan rings is 1. The zero-order valence-corrected chi connectivity index (χ0v) is 21.0. The zero-order chi connectivity index (χ0) is 28.4. The van der Waals surface area contributed by atoms with E-state index in [9.17, 15) is 27.6 Å². The highest BCUT2D eigenvalue weighted by molar-refractivity contribution is 6.03. The van der Waals surface area contributed by atoms with E-state index in [0.29, 0.717) is 48.0 Å². The highest BCUT2D eigenvalue weighted by Crippen LogP contribution is 2.48. The Kier molecular flexibility index (Phi) is 7.69. The first-order valence-electron chi connectivity index (χ1n) is 12.3. The number of alkyl halides is 3. The Morgan fingerprint density at radius 1 is 1.10 bits per heavy atom. The average Bonchev–Trinajstić information content (AvgIpc) is 3.61. The number of halogens is 3. The smallest absolute Gasteiger partial charge is 0.403 e. The molecule has 2 saturated heterocycles. The first kappa shape index (κ1) is 27.5. The summed E-state index contributed by atoms with van der Waals surface area (Å²) >= 11 is 0. The van der Waals surface area contributed by atoms with Crippen molar-refractivity contribution in [3.05, 3.63) is 65.4 Å². The van der Waals surface area contributed by atoms with Crippen LogP contribution in [0.25, 0.3) is 0 Å². The van der Waals surface area contributed by atoms with E-state index in [0.717, 1.165) is 11.8 Å². The maximum atomic E-state index is 13.9. The SMILES string of the molecule is NCc1ccc(COc2nc(C3C(C(F)(F)F)C(=O)N3C(=O)CN3CCOCC3)nn2C(=O)c2ccoc2)cc1. The Hall–Kier alpha value is -4.08. The molecule has 4 heterocycles. The predicted octanol–water partition coefficient (Wildman–Crippen LogP) is 1.52. The van der Waals surface area contributed by atoms with Gasteiger partial charge in [0.25, 0.3) is 5.91 Å². The lowest BCUT2D eigenvalue weighted by molar-refractivity contribution is -0.228. The van der Waals surface area contributed by atoms with Crippen molar-refractivity contribution in [3.8, 4) is 6.01 Å². The van der Waals surface area contributed by atoms with Gasteiger partial charge in [-0.25, -0.2) is 0 Å². The predicted molar refractivity (Wildman–Crippen MR) is 129 cm³/mol. The van der Waals surface area contributed by atoms with Gasteiger partial charge in [-0.2, -0.15) is 18.2 Å². The third-order valence-corrected chi connectivity index (χ3v) is 6.63. The highest BCUT2D eigenvalue weighted by atomic mass is 19.4. The molecule has 2 N–H and O–H groups in total. The van der Waals surface area contributed by atoms with Crippen LogP contribution in [0.1, 0.15) is 33.4 Å². The maximum absolute atomic E-state index is 13.9. The van der Waals surface area contributed by atoms with Gasteiger partial charge in [0.05, 0.1) is 31.6 Å². The van der Waals surface area contributed by atoms with Crippen LogP contribution < -0.4 is 10.5 Å². The fourth-order valence-corrected chi connectivity index (χ4v) is 4.47. The molecule has 2 amide bonds. The van der Waals surface area contributed by atoms with Gasteiger partial charge in [0.1, 0.15) is 18.9 Å². The number of amides is 2. The molecule has 0 radical (unpaired) electrons. The summed E-state index contributed by atoms with van der Waals surface area (Å²) in [6.45, 7) is 1.43. The fourth-order valence-electron chi connectivity index (χ4n) is 4.47. The second-order valence-corrected chi connectivity index (χ2v) is 9.25. The minimum absolute atomic E-state index is 0.0332. The normalized spacial score (nSPS) is 19.9. The van der Waals surface area contributed by atoms with Crippen molar-refractivity contribution in [2.24, 2.45) is 11.7 Å². The number of carbonyl (C=O) groups is 3. The van der Waals surface area contributed by atoms with Gasteiger partial charge in [0.2, 0.25) is 11.8 Å². The molecule has 3 aromatic rings. The molecule has 5 rings (SSSR count). The standard InChI is InChI=1S/C25H25F3N6O6/c26-25(27,28)19-20(33(23(19)37)18(35)12-32-6-9-38-10-7-32)21-30-24(34(31-21)22(36)17-5-8-39-14-17)40-13-16-3-1-15(11-29)2-4-16/h1-5,8,14,19-20H,6-7,9-13,29H2. The van der Waals surface area contributed by atoms with Gasteiger partial charge in [-0.15, -0.1) is 9.78 Å². The molecule has 0 aliphatic carbocycles. The summed E-state index contributed by atoms with van der Waals surface area (Å²) in [5.74, 6) is -6.14. The average molecular weight is 563 g/mol. The van der Waals surface area contributed by atoms with Crippen LogP contribution in [0.5, 0.6) is 6.01 Å². The highest BCUT2D eigenvalue weighted by Gasteiger charge is 2.65. The Labute approximate surface area is 225 Å². The van der Waals surface area contributed by atoms with E-state index >= 15 is 0 Å². The minimum Gasteiger partial charge on any atom is -0.472 e. The van der Waals surface area contributed by atoms with E-state index in [1.165, 1.54) is 12.3 Å². The quantitative estimate of drug-likeness (QED) is 0.401. The number of morpholine rings is 1. The Bertz CT molecular complexity index is 1370. The molecule has 0 saturated carbocycles.